The van der Waals surface area contributed by atoms with Gasteiger partial charge in [-0.15, -0.1) is 0 Å². The molecule has 0 fully saturated rings. The molecule has 286 valence electrons. The lowest BCUT2D eigenvalue weighted by molar-refractivity contribution is 0.669. The maximum Gasteiger partial charge on any atom is 0.164 e. The Labute approximate surface area is 351 Å². The van der Waals surface area contributed by atoms with E-state index < -0.39 is 0 Å². The summed E-state index contributed by atoms with van der Waals surface area (Å²) >= 11 is 0. The average molecular weight is 783 g/mol. The summed E-state index contributed by atoms with van der Waals surface area (Å²) in [7, 11) is 0. The Morgan fingerprint density at radius 2 is 0.623 bits per heavy atom. The van der Waals surface area contributed by atoms with Crippen LogP contribution >= 0.6 is 0 Å². The molecule has 0 radical (unpaired) electrons. The first-order chi connectivity index (χ1) is 30.2. The molecule has 0 amide bonds. The summed E-state index contributed by atoms with van der Waals surface area (Å²) in [4.78, 5) is 30.1. The van der Waals surface area contributed by atoms with Crippen LogP contribution in [0.4, 0.5) is 0 Å². The van der Waals surface area contributed by atoms with Gasteiger partial charge in [-0.25, -0.2) is 29.9 Å². The summed E-state index contributed by atoms with van der Waals surface area (Å²) in [6.07, 6.45) is 0. The number of furan rings is 1. The fraction of sp³-hybridized carbons (Fsp3) is 0. The molecule has 0 saturated carbocycles. The maximum absolute atomic E-state index is 6.50. The summed E-state index contributed by atoms with van der Waals surface area (Å²) in [6, 6.07) is 69.5. The van der Waals surface area contributed by atoms with Crippen LogP contribution in [0, 0.1) is 0 Å². The third-order valence-electron chi connectivity index (χ3n) is 10.8. The zero-order valence-electron chi connectivity index (χ0n) is 32.7. The minimum Gasteiger partial charge on any atom is -0.456 e. The van der Waals surface area contributed by atoms with E-state index in [0.29, 0.717) is 34.9 Å². The molecule has 0 atom stereocenters. The van der Waals surface area contributed by atoms with Gasteiger partial charge in [0.25, 0.3) is 0 Å². The van der Waals surface area contributed by atoms with Gasteiger partial charge in [-0.3, -0.25) is 0 Å². The largest absolute Gasteiger partial charge is 0.456 e. The van der Waals surface area contributed by atoms with Crippen molar-refractivity contribution in [3.8, 4) is 90.6 Å². The molecule has 0 spiro atoms. The zero-order chi connectivity index (χ0) is 40.5. The van der Waals surface area contributed by atoms with Gasteiger partial charge in [0.05, 0.1) is 0 Å². The van der Waals surface area contributed by atoms with E-state index in [4.69, 9.17) is 34.3 Å². The highest BCUT2D eigenvalue weighted by Crippen LogP contribution is 2.39. The summed E-state index contributed by atoms with van der Waals surface area (Å²) in [5.41, 5.74) is 11.2. The molecule has 0 aliphatic carbocycles. The molecular formula is C54H34N6O. The number of rotatable bonds is 8. The van der Waals surface area contributed by atoms with Crippen molar-refractivity contribution in [1.82, 2.24) is 29.9 Å². The van der Waals surface area contributed by atoms with E-state index in [0.717, 1.165) is 77.6 Å². The van der Waals surface area contributed by atoms with Crippen LogP contribution in [-0.2, 0) is 0 Å². The second kappa shape index (κ2) is 15.4. The highest BCUT2D eigenvalue weighted by Gasteiger charge is 2.19. The zero-order valence-corrected chi connectivity index (χ0v) is 32.7. The molecule has 8 aromatic carbocycles. The van der Waals surface area contributed by atoms with Crippen LogP contribution in [0.2, 0.25) is 0 Å². The van der Waals surface area contributed by atoms with Crippen LogP contribution in [0.25, 0.3) is 113 Å². The lowest BCUT2D eigenvalue weighted by Crippen LogP contribution is -2.00. The van der Waals surface area contributed by atoms with Gasteiger partial charge in [0.15, 0.2) is 34.9 Å². The van der Waals surface area contributed by atoms with E-state index >= 15 is 0 Å². The van der Waals surface area contributed by atoms with Crippen molar-refractivity contribution < 1.29 is 4.42 Å². The van der Waals surface area contributed by atoms with Crippen LogP contribution in [0.3, 0.4) is 0 Å². The number of fused-ring (bicyclic) bond motifs is 3. The molecule has 0 aliphatic heterocycles. The lowest BCUT2D eigenvalue weighted by Gasteiger charge is -2.10. The molecule has 11 aromatic rings. The summed E-state index contributed by atoms with van der Waals surface area (Å²) in [5.74, 6) is 3.59. The minimum absolute atomic E-state index is 0.565. The fourth-order valence-corrected chi connectivity index (χ4v) is 7.75. The maximum atomic E-state index is 6.50. The Morgan fingerprint density at radius 1 is 0.246 bits per heavy atom. The molecule has 0 saturated heterocycles. The van der Waals surface area contributed by atoms with Crippen LogP contribution in [-0.4, -0.2) is 29.9 Å². The van der Waals surface area contributed by atoms with E-state index in [2.05, 4.69) is 66.7 Å². The van der Waals surface area contributed by atoms with Gasteiger partial charge in [-0.1, -0.05) is 182 Å². The number of aromatic nitrogens is 6. The van der Waals surface area contributed by atoms with Crippen molar-refractivity contribution in [3.63, 3.8) is 0 Å². The van der Waals surface area contributed by atoms with Gasteiger partial charge < -0.3 is 4.42 Å². The molecule has 7 nitrogen and oxygen atoms in total. The van der Waals surface area contributed by atoms with Gasteiger partial charge in [0.2, 0.25) is 0 Å². The fourth-order valence-electron chi connectivity index (χ4n) is 7.75. The molecule has 0 aliphatic rings. The minimum atomic E-state index is 0.565. The Balaban J connectivity index is 1.02. The average Bonchev–Trinajstić information content (AvgIpc) is 3.73. The monoisotopic (exact) mass is 782 g/mol. The van der Waals surface area contributed by atoms with Crippen LogP contribution in [0.5, 0.6) is 0 Å². The van der Waals surface area contributed by atoms with Crippen LogP contribution in [0.1, 0.15) is 0 Å². The topological polar surface area (TPSA) is 90.5 Å². The summed E-state index contributed by atoms with van der Waals surface area (Å²) < 4.78 is 6.50. The Bertz CT molecular complexity index is 3280. The molecule has 0 bridgehead atoms. The van der Waals surface area contributed by atoms with E-state index in [9.17, 15) is 0 Å². The third-order valence-corrected chi connectivity index (χ3v) is 10.8. The van der Waals surface area contributed by atoms with Crippen molar-refractivity contribution in [2.75, 3.05) is 0 Å². The SMILES string of the molecule is c1ccc(-c2ccc(-c3nc(-c4ccccc4)nc(-c4cccc5oc6ccc(-c7cccc(-c8nc(-c9ccccc9)nc(-c9ccccc9)n8)c7)cc6c45)n3)cc2)cc1. The number of hydrogen-bond acceptors (Lipinski definition) is 7. The van der Waals surface area contributed by atoms with Gasteiger partial charge >= 0.3 is 0 Å². The summed E-state index contributed by atoms with van der Waals surface area (Å²) in [5, 5.41) is 1.89. The normalized spacial score (nSPS) is 11.3. The lowest BCUT2D eigenvalue weighted by atomic mass is 9.99. The molecule has 3 aromatic heterocycles. The van der Waals surface area contributed by atoms with Crippen molar-refractivity contribution in [2.24, 2.45) is 0 Å². The second-order valence-corrected chi connectivity index (χ2v) is 14.7. The predicted octanol–water partition coefficient (Wildman–Crippen LogP) is 13.3. The van der Waals surface area contributed by atoms with Gasteiger partial charge in [0, 0.05) is 44.2 Å². The quantitative estimate of drug-likeness (QED) is 0.152. The molecular weight excluding hydrogens is 749 g/mol. The van der Waals surface area contributed by atoms with Crippen LogP contribution in [0.15, 0.2) is 211 Å². The van der Waals surface area contributed by atoms with Gasteiger partial charge in [0.1, 0.15) is 11.2 Å². The Hall–Kier alpha value is -8.42. The third kappa shape index (κ3) is 7.00. The van der Waals surface area contributed by atoms with Gasteiger partial charge in [-0.2, -0.15) is 0 Å². The van der Waals surface area contributed by atoms with E-state index in [1.165, 1.54) is 0 Å². The first-order valence-electron chi connectivity index (χ1n) is 20.1. The Kier molecular flexibility index (Phi) is 9.02. The smallest absolute Gasteiger partial charge is 0.164 e. The standard InChI is InChI=1S/C54H34N6O/c1-5-15-35(16-6-1)36-27-29-40(30-28-36)52-56-51(39-21-11-4-12-22-39)59-54(60-52)44-25-14-26-47-48(44)45-34-42(31-32-46(45)61-47)41-23-13-24-43(33-41)53-57-49(37-17-7-2-8-18-37)55-50(58-53)38-19-9-3-10-20-38/h1-34H. The van der Waals surface area contributed by atoms with Crippen molar-refractivity contribution in [3.05, 3.63) is 206 Å². The second-order valence-electron chi connectivity index (χ2n) is 14.7. The van der Waals surface area contributed by atoms with E-state index in [1.54, 1.807) is 0 Å². The number of nitrogens with zero attached hydrogens (tertiary/aromatic N) is 6. The van der Waals surface area contributed by atoms with Crippen molar-refractivity contribution in [1.29, 1.82) is 0 Å². The summed E-state index contributed by atoms with van der Waals surface area (Å²) in [6.45, 7) is 0. The highest BCUT2D eigenvalue weighted by atomic mass is 16.3. The molecule has 11 rings (SSSR count). The molecule has 7 heteroatoms. The van der Waals surface area contributed by atoms with E-state index in [1.807, 2.05) is 140 Å². The molecule has 0 N–H and O–H groups in total. The van der Waals surface area contributed by atoms with Crippen molar-refractivity contribution >= 4 is 21.9 Å². The highest BCUT2D eigenvalue weighted by molar-refractivity contribution is 6.12. The molecule has 61 heavy (non-hydrogen) atoms. The predicted molar refractivity (Wildman–Crippen MR) is 244 cm³/mol. The molecule has 0 unspecified atom stereocenters. The number of hydrogen-bond donors (Lipinski definition) is 0. The van der Waals surface area contributed by atoms with E-state index in [-0.39, 0.29) is 0 Å². The van der Waals surface area contributed by atoms with Crippen LogP contribution < -0.4 is 0 Å². The first-order valence-corrected chi connectivity index (χ1v) is 20.1. The Morgan fingerprint density at radius 3 is 1.18 bits per heavy atom. The van der Waals surface area contributed by atoms with Crippen molar-refractivity contribution in [2.45, 2.75) is 0 Å². The number of benzene rings is 8. The molecule has 3 heterocycles. The first kappa shape index (κ1) is 35.7. The van der Waals surface area contributed by atoms with Gasteiger partial charge in [-0.05, 0) is 46.5 Å².